The van der Waals surface area contributed by atoms with Gasteiger partial charge in [0.2, 0.25) is 23.7 Å². The van der Waals surface area contributed by atoms with E-state index in [0.717, 1.165) is 49.1 Å². The van der Waals surface area contributed by atoms with Crippen molar-refractivity contribution in [3.05, 3.63) is 80.9 Å². The molecule has 5 aromatic heterocycles. The van der Waals surface area contributed by atoms with Crippen LogP contribution >= 0.6 is 23.1 Å². The van der Waals surface area contributed by atoms with Gasteiger partial charge >= 0.3 is 0 Å². The molecule has 1 aliphatic rings. The number of aromatic nitrogens is 7. The summed E-state index contributed by atoms with van der Waals surface area (Å²) in [7, 11) is 0. The van der Waals surface area contributed by atoms with E-state index in [2.05, 4.69) is 34.2 Å². The number of hydrogen-bond acceptors (Lipinski definition) is 14. The largest absolute Gasteiger partial charge is 0.491 e. The maximum atomic E-state index is 13.4. The van der Waals surface area contributed by atoms with Gasteiger partial charge in [0.1, 0.15) is 26.5 Å². The van der Waals surface area contributed by atoms with Crippen LogP contribution in [-0.4, -0.2) is 101 Å². The highest BCUT2D eigenvalue weighted by atomic mass is 32.1. The van der Waals surface area contributed by atoms with Crippen LogP contribution in [0.5, 0.6) is 5.75 Å². The van der Waals surface area contributed by atoms with Gasteiger partial charge in [0.05, 0.1) is 42.3 Å². The van der Waals surface area contributed by atoms with Crippen LogP contribution < -0.4 is 26.8 Å². The van der Waals surface area contributed by atoms with Gasteiger partial charge in [0.25, 0.3) is 11.8 Å². The quantitative estimate of drug-likeness (QED) is 0.0864. The molecule has 1 fully saturated rings. The second kappa shape index (κ2) is 16.7. The summed E-state index contributed by atoms with van der Waals surface area (Å²) in [5.74, 6) is -1.33. The first-order chi connectivity index (χ1) is 27.0. The zero-order valence-electron chi connectivity index (χ0n) is 30.5. The van der Waals surface area contributed by atoms with Crippen molar-refractivity contribution in [1.82, 2.24) is 37.7 Å². The number of rotatable bonds is 15. The zero-order chi connectivity index (χ0) is 39.3. The van der Waals surface area contributed by atoms with Gasteiger partial charge in [-0.15, -0.1) is 0 Å². The summed E-state index contributed by atoms with van der Waals surface area (Å²) >= 11 is 2.13. The molecule has 18 nitrogen and oxygen atoms in total. The zero-order valence-corrected chi connectivity index (χ0v) is 32.1. The van der Waals surface area contributed by atoms with Gasteiger partial charge in [-0.3, -0.25) is 39.3 Å². The summed E-state index contributed by atoms with van der Waals surface area (Å²) in [5, 5.41) is 5.74. The lowest BCUT2D eigenvalue weighted by Crippen LogP contribution is -2.37. The summed E-state index contributed by atoms with van der Waals surface area (Å²) in [6.07, 6.45) is 5.76. The fourth-order valence-corrected chi connectivity index (χ4v) is 7.40. The molecule has 290 valence electrons. The van der Waals surface area contributed by atoms with E-state index < -0.39 is 23.6 Å². The van der Waals surface area contributed by atoms with Crippen LogP contribution in [0.2, 0.25) is 0 Å². The number of allylic oxidation sites excluding steroid dienone is 2. The topological polar surface area (TPSA) is 240 Å². The fourth-order valence-electron chi connectivity index (χ4n) is 6.09. The molecule has 6 aromatic rings. The highest BCUT2D eigenvalue weighted by molar-refractivity contribution is 7.08. The number of carbonyl (C=O) groups is 4. The molecule has 4 amide bonds. The first-order valence-electron chi connectivity index (χ1n) is 17.6. The van der Waals surface area contributed by atoms with Crippen molar-refractivity contribution in [3.63, 3.8) is 0 Å². The third-order valence-electron chi connectivity index (χ3n) is 8.84. The molecule has 6 N–H and O–H groups in total. The number of imidazole rings is 2. The number of primary amides is 2. The number of fused-ring (bicyclic) bond motifs is 2. The molecule has 56 heavy (non-hydrogen) atoms. The van der Waals surface area contributed by atoms with E-state index in [1.807, 2.05) is 12.2 Å². The number of benzene rings is 1. The number of nitrogens with one attached hydrogen (secondary N) is 2. The van der Waals surface area contributed by atoms with E-state index in [1.165, 1.54) is 12.3 Å². The number of pyridine rings is 1. The number of morpholine rings is 1. The third-order valence-corrected chi connectivity index (χ3v) is 10.6. The molecule has 20 heteroatoms. The van der Waals surface area contributed by atoms with Crippen molar-refractivity contribution in [3.8, 4) is 5.75 Å². The monoisotopic (exact) mass is 798 g/mol. The molecule has 0 bridgehead atoms. The molecule has 0 radical (unpaired) electrons. The molecule has 0 unspecified atom stereocenters. The molecule has 7 rings (SSSR count). The van der Waals surface area contributed by atoms with Crippen LogP contribution in [0.15, 0.2) is 48.7 Å². The number of aryl methyl sites for hydroxylation is 2. The minimum atomic E-state index is -0.663. The Hall–Kier alpha value is -6.09. The number of nitrogens with two attached hydrogens (primary N) is 2. The number of nitrogens with zero attached hydrogens (tertiary/aromatic N) is 8. The molecule has 0 spiro atoms. The average Bonchev–Trinajstić information content (AvgIpc) is 3.97. The van der Waals surface area contributed by atoms with Gasteiger partial charge in [0, 0.05) is 44.5 Å². The van der Waals surface area contributed by atoms with Crippen molar-refractivity contribution < 1.29 is 28.7 Å². The van der Waals surface area contributed by atoms with Gasteiger partial charge in [-0.05, 0) is 73.7 Å². The number of carbonyl (C=O) groups excluding carboxylic acids is 4. The Labute approximate surface area is 327 Å². The first kappa shape index (κ1) is 38.2. The maximum absolute atomic E-state index is 13.4. The lowest BCUT2D eigenvalue weighted by molar-refractivity contribution is 0.0358. The SMILES string of the molecule is Cc1cc(C(=O)Nc2nc3cc(C(N)=O)cnc3n2CC=CCn2c(NC(=O)c3cc(C)ns3)nc3cc(C(N)=O)cc(OCCCN4CCOCC4)c32)sn1. The Balaban J connectivity index is 1.20. The van der Waals surface area contributed by atoms with E-state index in [9.17, 15) is 19.2 Å². The lowest BCUT2D eigenvalue weighted by Gasteiger charge is -2.26. The molecule has 6 heterocycles. The smallest absolute Gasteiger partial charge is 0.269 e. The number of hydrogen-bond donors (Lipinski definition) is 4. The van der Waals surface area contributed by atoms with Gasteiger partial charge in [-0.2, -0.15) is 8.75 Å². The van der Waals surface area contributed by atoms with Crippen molar-refractivity contribution in [2.24, 2.45) is 11.5 Å². The molecule has 0 atom stereocenters. The highest BCUT2D eigenvalue weighted by Gasteiger charge is 2.22. The van der Waals surface area contributed by atoms with Crippen LogP contribution in [0.3, 0.4) is 0 Å². The minimum Gasteiger partial charge on any atom is -0.491 e. The summed E-state index contributed by atoms with van der Waals surface area (Å²) in [5.41, 5.74) is 14.7. The molecule has 1 aliphatic heterocycles. The van der Waals surface area contributed by atoms with E-state index >= 15 is 0 Å². The van der Waals surface area contributed by atoms with Gasteiger partial charge in [-0.25, -0.2) is 15.0 Å². The Morgan fingerprint density at radius 1 is 0.821 bits per heavy atom. The number of amides is 4. The Morgan fingerprint density at radius 2 is 1.41 bits per heavy atom. The standard InChI is InChI=1S/C36H38N12O6S2/c1-20-14-27(55-44-20)33(51)42-35-40-24-16-22(30(37)49)18-26(54-11-5-6-46-9-12-53-13-10-46)29(24)47(35)7-3-4-8-48-32-25(17-23(19-39-32)31(38)50)41-36(48)43-34(52)28-15-21(2)45-56-28/h3-4,14-19H,5-13H2,1-2H3,(H2,37,49)(H2,38,50)(H,40,42,51)(H,41,43,52). The predicted octanol–water partition coefficient (Wildman–Crippen LogP) is 3.37. The van der Waals surface area contributed by atoms with Crippen molar-refractivity contribution in [2.75, 3.05) is 50.1 Å². The summed E-state index contributed by atoms with van der Waals surface area (Å²) < 4.78 is 23.6. The number of anilines is 2. The molecule has 0 aliphatic carbocycles. The first-order valence-corrected chi connectivity index (χ1v) is 19.2. The average molecular weight is 799 g/mol. The van der Waals surface area contributed by atoms with E-state index in [-0.39, 0.29) is 36.1 Å². The molecule has 0 saturated carbocycles. The van der Waals surface area contributed by atoms with Crippen LogP contribution in [0.25, 0.3) is 22.2 Å². The van der Waals surface area contributed by atoms with Crippen molar-refractivity contribution in [2.45, 2.75) is 33.4 Å². The minimum absolute atomic E-state index is 0.169. The summed E-state index contributed by atoms with van der Waals surface area (Å²) in [6.45, 7) is 8.23. The lowest BCUT2D eigenvalue weighted by atomic mass is 10.1. The second-order valence-corrected chi connectivity index (χ2v) is 14.5. The van der Waals surface area contributed by atoms with Crippen molar-refractivity contribution >= 4 is 80.8 Å². The van der Waals surface area contributed by atoms with Gasteiger partial charge in [0.15, 0.2) is 5.65 Å². The normalized spacial score (nSPS) is 13.5. The second-order valence-electron chi connectivity index (χ2n) is 12.9. The fraction of sp³-hybridized carbons (Fsp3) is 0.306. The Bertz CT molecular complexity index is 2480. The summed E-state index contributed by atoms with van der Waals surface area (Å²) in [6, 6.07) is 8.02. The van der Waals surface area contributed by atoms with Crippen LogP contribution in [0, 0.1) is 13.8 Å². The highest BCUT2D eigenvalue weighted by Crippen LogP contribution is 2.32. The van der Waals surface area contributed by atoms with Gasteiger partial charge in [-0.1, -0.05) is 12.2 Å². The van der Waals surface area contributed by atoms with E-state index in [0.29, 0.717) is 68.9 Å². The summed E-state index contributed by atoms with van der Waals surface area (Å²) in [4.78, 5) is 67.6. The molecular weight excluding hydrogens is 761 g/mol. The van der Waals surface area contributed by atoms with Crippen LogP contribution in [0.1, 0.15) is 57.9 Å². The van der Waals surface area contributed by atoms with Crippen LogP contribution in [0.4, 0.5) is 11.9 Å². The van der Waals surface area contributed by atoms with Gasteiger partial charge < -0.3 is 25.5 Å². The molecule has 1 saturated heterocycles. The Morgan fingerprint density at radius 3 is 2.02 bits per heavy atom. The van der Waals surface area contributed by atoms with Crippen LogP contribution in [-0.2, 0) is 17.8 Å². The van der Waals surface area contributed by atoms with Crippen molar-refractivity contribution in [1.29, 1.82) is 0 Å². The Kier molecular flexibility index (Phi) is 11.4. The maximum Gasteiger partial charge on any atom is 0.269 e. The molecular formula is C36H38N12O6S2. The predicted molar refractivity (Wildman–Crippen MR) is 210 cm³/mol. The third kappa shape index (κ3) is 8.57. The molecule has 1 aromatic carbocycles. The van der Waals surface area contributed by atoms with E-state index in [1.54, 1.807) is 47.2 Å². The van der Waals surface area contributed by atoms with E-state index in [4.69, 9.17) is 25.9 Å². The number of ether oxygens (including phenoxy) is 2.